The molecule has 102 valence electrons. The van der Waals surface area contributed by atoms with E-state index < -0.39 is 0 Å². The first-order valence-electron chi connectivity index (χ1n) is 6.51. The highest BCUT2D eigenvalue weighted by molar-refractivity contribution is 5.95. The number of aromatic nitrogens is 3. The Balaban J connectivity index is 1.78. The topological polar surface area (TPSA) is 73.6 Å². The summed E-state index contributed by atoms with van der Waals surface area (Å²) in [6, 6.07) is 7.95. The van der Waals surface area contributed by atoms with Crippen molar-refractivity contribution >= 4 is 22.6 Å². The van der Waals surface area contributed by atoms with Gasteiger partial charge in [-0.2, -0.15) is 5.10 Å². The van der Waals surface area contributed by atoms with E-state index in [1.165, 1.54) is 0 Å². The summed E-state index contributed by atoms with van der Waals surface area (Å²) in [7, 11) is 0. The Bertz CT molecular complexity index is 769. The number of nitrogens with zero attached hydrogens (tertiary/aromatic N) is 1. The summed E-state index contributed by atoms with van der Waals surface area (Å²) >= 11 is 0. The predicted octanol–water partition coefficient (Wildman–Crippen LogP) is 2.69. The second kappa shape index (κ2) is 4.85. The lowest BCUT2D eigenvalue weighted by Crippen LogP contribution is -2.15. The van der Waals surface area contributed by atoms with E-state index in [9.17, 15) is 4.79 Å². The van der Waals surface area contributed by atoms with Crippen molar-refractivity contribution in [2.75, 3.05) is 5.32 Å². The SMILES string of the molecule is Cc1[nH]nc(NC(=O)Cc2c[nH]c3ccccc23)c1C. The second-order valence-corrected chi connectivity index (χ2v) is 4.91. The van der Waals surface area contributed by atoms with Crippen LogP contribution in [0.2, 0.25) is 0 Å². The Labute approximate surface area is 116 Å². The molecule has 1 aromatic carbocycles. The summed E-state index contributed by atoms with van der Waals surface area (Å²) < 4.78 is 0. The molecule has 1 amide bonds. The van der Waals surface area contributed by atoms with Crippen molar-refractivity contribution in [3.63, 3.8) is 0 Å². The van der Waals surface area contributed by atoms with Crippen molar-refractivity contribution < 1.29 is 4.79 Å². The molecule has 0 spiro atoms. The van der Waals surface area contributed by atoms with E-state index in [1.807, 2.05) is 44.3 Å². The number of carbonyl (C=O) groups is 1. The minimum Gasteiger partial charge on any atom is -0.361 e. The van der Waals surface area contributed by atoms with Gasteiger partial charge in [-0.25, -0.2) is 0 Å². The average Bonchev–Trinajstić information content (AvgIpc) is 2.98. The van der Waals surface area contributed by atoms with Gasteiger partial charge in [0.2, 0.25) is 5.91 Å². The molecule has 5 nitrogen and oxygen atoms in total. The first-order chi connectivity index (χ1) is 9.65. The van der Waals surface area contributed by atoms with E-state index in [-0.39, 0.29) is 5.91 Å². The van der Waals surface area contributed by atoms with Crippen LogP contribution in [-0.4, -0.2) is 21.1 Å². The van der Waals surface area contributed by atoms with Gasteiger partial charge < -0.3 is 10.3 Å². The van der Waals surface area contributed by atoms with Crippen molar-refractivity contribution in [3.05, 3.63) is 47.3 Å². The maximum atomic E-state index is 12.1. The van der Waals surface area contributed by atoms with Crippen LogP contribution in [0.1, 0.15) is 16.8 Å². The van der Waals surface area contributed by atoms with Crippen LogP contribution in [0.4, 0.5) is 5.82 Å². The zero-order valence-corrected chi connectivity index (χ0v) is 11.4. The molecule has 3 N–H and O–H groups in total. The molecule has 0 fully saturated rings. The Morgan fingerprint density at radius 2 is 2.10 bits per heavy atom. The molecule has 0 bridgehead atoms. The lowest BCUT2D eigenvalue weighted by Gasteiger charge is -2.02. The summed E-state index contributed by atoms with van der Waals surface area (Å²) in [6.07, 6.45) is 2.21. The summed E-state index contributed by atoms with van der Waals surface area (Å²) in [4.78, 5) is 15.3. The highest BCUT2D eigenvalue weighted by atomic mass is 16.1. The Hall–Kier alpha value is -2.56. The number of rotatable bonds is 3. The van der Waals surface area contributed by atoms with Gasteiger partial charge in [-0.1, -0.05) is 18.2 Å². The largest absolute Gasteiger partial charge is 0.361 e. The van der Waals surface area contributed by atoms with E-state index in [2.05, 4.69) is 20.5 Å². The molecule has 0 atom stereocenters. The molecule has 0 radical (unpaired) electrons. The number of hydrogen-bond acceptors (Lipinski definition) is 2. The van der Waals surface area contributed by atoms with Gasteiger partial charge >= 0.3 is 0 Å². The van der Waals surface area contributed by atoms with E-state index >= 15 is 0 Å². The first-order valence-corrected chi connectivity index (χ1v) is 6.51. The summed E-state index contributed by atoms with van der Waals surface area (Å²) in [5.74, 6) is 0.539. The fraction of sp³-hybridized carbons (Fsp3) is 0.200. The number of carbonyl (C=O) groups excluding carboxylic acids is 1. The smallest absolute Gasteiger partial charge is 0.230 e. The highest BCUT2D eigenvalue weighted by Gasteiger charge is 2.12. The minimum atomic E-state index is -0.0654. The number of benzene rings is 1. The Kier molecular flexibility index (Phi) is 3.02. The third-order valence-electron chi connectivity index (χ3n) is 3.54. The van der Waals surface area contributed by atoms with Crippen molar-refractivity contribution in [2.45, 2.75) is 20.3 Å². The molecule has 20 heavy (non-hydrogen) atoms. The molecule has 2 aromatic heterocycles. The van der Waals surface area contributed by atoms with Gasteiger partial charge in [0.15, 0.2) is 5.82 Å². The van der Waals surface area contributed by atoms with Crippen LogP contribution >= 0.6 is 0 Å². The summed E-state index contributed by atoms with van der Waals surface area (Å²) in [5, 5.41) is 10.9. The van der Waals surface area contributed by atoms with Crippen molar-refractivity contribution in [3.8, 4) is 0 Å². The standard InChI is InChI=1S/C15H16N4O/c1-9-10(2)18-19-15(9)17-14(20)7-11-8-16-13-6-4-3-5-12(11)13/h3-6,8,16H,7H2,1-2H3,(H2,17,18,19,20). The van der Waals surface area contributed by atoms with Crippen LogP contribution in [-0.2, 0) is 11.2 Å². The molecular weight excluding hydrogens is 252 g/mol. The van der Waals surface area contributed by atoms with Gasteiger partial charge in [-0.05, 0) is 25.5 Å². The van der Waals surface area contributed by atoms with Crippen LogP contribution in [0, 0.1) is 13.8 Å². The number of H-pyrrole nitrogens is 2. The van der Waals surface area contributed by atoms with Gasteiger partial charge in [-0.15, -0.1) is 0 Å². The van der Waals surface area contributed by atoms with E-state index in [1.54, 1.807) is 0 Å². The Morgan fingerprint density at radius 3 is 2.85 bits per heavy atom. The second-order valence-electron chi connectivity index (χ2n) is 4.91. The highest BCUT2D eigenvalue weighted by Crippen LogP contribution is 2.19. The monoisotopic (exact) mass is 268 g/mol. The van der Waals surface area contributed by atoms with Crippen molar-refractivity contribution in [1.29, 1.82) is 0 Å². The van der Waals surface area contributed by atoms with Gasteiger partial charge in [0, 0.05) is 28.4 Å². The van der Waals surface area contributed by atoms with Gasteiger partial charge in [0.05, 0.1) is 6.42 Å². The van der Waals surface area contributed by atoms with E-state index in [0.29, 0.717) is 12.2 Å². The quantitative estimate of drug-likeness (QED) is 0.683. The van der Waals surface area contributed by atoms with Crippen molar-refractivity contribution in [2.24, 2.45) is 0 Å². The number of aromatic amines is 2. The summed E-state index contributed by atoms with van der Waals surface area (Å²) in [5.41, 5.74) is 3.97. The molecule has 3 rings (SSSR count). The zero-order chi connectivity index (χ0) is 14.1. The molecule has 0 saturated heterocycles. The molecular formula is C15H16N4O. The lowest BCUT2D eigenvalue weighted by atomic mass is 10.1. The molecule has 3 aromatic rings. The van der Waals surface area contributed by atoms with Gasteiger partial charge in [-0.3, -0.25) is 9.89 Å². The molecule has 0 aliphatic rings. The Morgan fingerprint density at radius 1 is 1.30 bits per heavy atom. The zero-order valence-electron chi connectivity index (χ0n) is 11.4. The first kappa shape index (κ1) is 12.5. The average molecular weight is 268 g/mol. The molecule has 0 aliphatic heterocycles. The number of aryl methyl sites for hydroxylation is 1. The molecule has 0 aliphatic carbocycles. The molecule has 2 heterocycles. The molecule has 0 unspecified atom stereocenters. The fourth-order valence-corrected chi connectivity index (χ4v) is 2.23. The number of fused-ring (bicyclic) bond motifs is 1. The fourth-order valence-electron chi connectivity index (χ4n) is 2.23. The maximum Gasteiger partial charge on any atom is 0.230 e. The maximum absolute atomic E-state index is 12.1. The van der Waals surface area contributed by atoms with Gasteiger partial charge in [0.1, 0.15) is 0 Å². The van der Waals surface area contributed by atoms with Crippen LogP contribution in [0.15, 0.2) is 30.5 Å². The summed E-state index contributed by atoms with van der Waals surface area (Å²) in [6.45, 7) is 3.86. The van der Waals surface area contributed by atoms with Gasteiger partial charge in [0.25, 0.3) is 0 Å². The number of anilines is 1. The van der Waals surface area contributed by atoms with E-state index in [0.717, 1.165) is 27.7 Å². The molecule has 5 heteroatoms. The van der Waals surface area contributed by atoms with Crippen LogP contribution in [0.3, 0.4) is 0 Å². The molecule has 0 saturated carbocycles. The van der Waals surface area contributed by atoms with E-state index in [4.69, 9.17) is 0 Å². The van der Waals surface area contributed by atoms with Crippen LogP contribution in [0.5, 0.6) is 0 Å². The number of para-hydroxylation sites is 1. The van der Waals surface area contributed by atoms with Crippen LogP contribution < -0.4 is 5.32 Å². The lowest BCUT2D eigenvalue weighted by molar-refractivity contribution is -0.115. The van der Waals surface area contributed by atoms with Crippen LogP contribution in [0.25, 0.3) is 10.9 Å². The third kappa shape index (κ3) is 2.18. The predicted molar refractivity (Wildman–Crippen MR) is 78.7 cm³/mol. The normalized spacial score (nSPS) is 10.9. The minimum absolute atomic E-state index is 0.0654. The number of amides is 1. The third-order valence-corrected chi connectivity index (χ3v) is 3.54. The number of nitrogens with one attached hydrogen (secondary N) is 3. The number of hydrogen-bond donors (Lipinski definition) is 3. The van der Waals surface area contributed by atoms with Crippen molar-refractivity contribution in [1.82, 2.24) is 15.2 Å².